The maximum atomic E-state index is 10.3. The van der Waals surface area contributed by atoms with Gasteiger partial charge in [0, 0.05) is 13.6 Å². The molecule has 0 amide bonds. The van der Waals surface area contributed by atoms with E-state index in [-0.39, 0.29) is 5.44 Å². The van der Waals surface area contributed by atoms with Crippen LogP contribution in [0.25, 0.3) is 0 Å². The summed E-state index contributed by atoms with van der Waals surface area (Å²) in [6.07, 6.45) is -1.02. The van der Waals surface area contributed by atoms with Crippen LogP contribution in [0.3, 0.4) is 0 Å². The van der Waals surface area contributed by atoms with E-state index in [1.807, 2.05) is 11.9 Å². The molecular formula is C14H24N2O4S. The van der Waals surface area contributed by atoms with Gasteiger partial charge in [-0.1, -0.05) is 24.8 Å². The van der Waals surface area contributed by atoms with Crippen molar-refractivity contribution in [2.75, 3.05) is 13.6 Å². The molecule has 3 N–H and O–H groups in total. The molecule has 0 saturated carbocycles. The minimum absolute atomic E-state index is 0.306. The third-order valence-electron chi connectivity index (χ3n) is 3.76. The van der Waals surface area contributed by atoms with Crippen molar-refractivity contribution in [3.8, 4) is 0 Å². The zero-order chi connectivity index (χ0) is 15.6. The molecule has 2 rings (SSSR count). The molecule has 0 spiro atoms. The van der Waals surface area contributed by atoms with Crippen LogP contribution in [-0.4, -0.2) is 74.9 Å². The highest BCUT2D eigenvalue weighted by atomic mass is 32.2. The molecule has 0 aromatic carbocycles. The molecular weight excluding hydrogens is 292 g/mol. The van der Waals surface area contributed by atoms with Gasteiger partial charge in [0.25, 0.3) is 0 Å². The summed E-state index contributed by atoms with van der Waals surface area (Å²) in [5.74, 6) is 0. The van der Waals surface area contributed by atoms with E-state index in [9.17, 15) is 15.3 Å². The number of aliphatic imine (C=N–C) groups is 1. The molecule has 0 radical (unpaired) electrons. The fraction of sp³-hybridized carbons (Fsp3) is 0.786. The Bertz CT molecular complexity index is 406. The second-order valence-electron chi connectivity index (χ2n) is 5.48. The first kappa shape index (κ1) is 16.8. The van der Waals surface area contributed by atoms with Gasteiger partial charge in [0.05, 0.1) is 6.10 Å². The molecule has 2 aliphatic heterocycles. The van der Waals surface area contributed by atoms with E-state index in [2.05, 4.69) is 18.5 Å². The maximum Gasteiger partial charge on any atom is 0.162 e. The fourth-order valence-corrected chi connectivity index (χ4v) is 3.82. The van der Waals surface area contributed by atoms with Gasteiger partial charge in [-0.25, -0.2) is 0 Å². The van der Waals surface area contributed by atoms with Gasteiger partial charge in [-0.2, -0.15) is 0 Å². The zero-order valence-corrected chi connectivity index (χ0v) is 13.2. The van der Waals surface area contributed by atoms with Gasteiger partial charge in [0.15, 0.2) is 5.17 Å². The summed E-state index contributed by atoms with van der Waals surface area (Å²) >= 11 is 1.43. The number of fused-ring (bicyclic) bond motifs is 1. The largest absolute Gasteiger partial charge is 0.390 e. The molecule has 21 heavy (non-hydrogen) atoms. The van der Waals surface area contributed by atoms with E-state index in [0.29, 0.717) is 6.42 Å². The normalized spacial score (nSPS) is 36.8. The van der Waals surface area contributed by atoms with Gasteiger partial charge >= 0.3 is 0 Å². The van der Waals surface area contributed by atoms with Crippen molar-refractivity contribution < 1.29 is 20.1 Å². The quantitative estimate of drug-likeness (QED) is 0.628. The molecule has 0 aromatic heterocycles. The number of aliphatic hydroxyl groups excluding tert-OH is 3. The van der Waals surface area contributed by atoms with Crippen molar-refractivity contribution >= 4 is 16.9 Å². The van der Waals surface area contributed by atoms with Gasteiger partial charge in [-0.3, -0.25) is 4.99 Å². The SMILES string of the molecule is C=CC[C@@H](O)[C@H]1O[C@@H]2SC(N(C)CCC)=N[C@@H]2[C@@H](O)[C@@H]1O. The predicted octanol–water partition coefficient (Wildman–Crippen LogP) is 0.183. The van der Waals surface area contributed by atoms with Gasteiger partial charge < -0.3 is 25.0 Å². The zero-order valence-electron chi connectivity index (χ0n) is 12.4. The van der Waals surface area contributed by atoms with E-state index in [1.54, 1.807) is 6.08 Å². The first-order valence-electron chi connectivity index (χ1n) is 7.25. The van der Waals surface area contributed by atoms with Crippen molar-refractivity contribution in [3.05, 3.63) is 12.7 Å². The van der Waals surface area contributed by atoms with E-state index in [4.69, 9.17) is 4.74 Å². The second kappa shape index (κ2) is 7.11. The number of hydrogen-bond acceptors (Lipinski definition) is 7. The van der Waals surface area contributed by atoms with Crippen molar-refractivity contribution in [2.24, 2.45) is 4.99 Å². The van der Waals surface area contributed by atoms with Crippen molar-refractivity contribution in [2.45, 2.75) is 55.7 Å². The molecule has 7 heteroatoms. The molecule has 120 valence electrons. The lowest BCUT2D eigenvalue weighted by Gasteiger charge is -2.40. The first-order chi connectivity index (χ1) is 9.99. The Morgan fingerprint density at radius 2 is 2.19 bits per heavy atom. The smallest absolute Gasteiger partial charge is 0.162 e. The average molecular weight is 316 g/mol. The van der Waals surface area contributed by atoms with Crippen LogP contribution < -0.4 is 0 Å². The summed E-state index contributed by atoms with van der Waals surface area (Å²) in [5, 5.41) is 31.2. The molecule has 6 atom stereocenters. The lowest BCUT2D eigenvalue weighted by molar-refractivity contribution is -0.184. The van der Waals surface area contributed by atoms with Gasteiger partial charge in [-0.05, 0) is 12.8 Å². The van der Waals surface area contributed by atoms with Gasteiger partial charge in [0.2, 0.25) is 0 Å². The van der Waals surface area contributed by atoms with Crippen LogP contribution >= 0.6 is 11.8 Å². The third kappa shape index (κ3) is 3.43. The number of ether oxygens (including phenoxy) is 1. The highest BCUT2D eigenvalue weighted by Gasteiger charge is 2.50. The standard InChI is InChI=1S/C14H24N2O4S/c1-4-6-8(17)12-11(19)10(18)9-13(20-12)21-14(15-9)16(3)7-5-2/h4,8-13,17-19H,1,5-7H2,2-3H3/t8-,9-,10-,11+,12-,13-/m1/s1. The number of amidine groups is 1. The van der Waals surface area contributed by atoms with Crippen LogP contribution in [0, 0.1) is 0 Å². The number of hydrogen-bond donors (Lipinski definition) is 3. The van der Waals surface area contributed by atoms with E-state index in [0.717, 1.165) is 18.1 Å². The molecule has 2 heterocycles. The molecule has 1 fully saturated rings. The molecule has 0 aliphatic carbocycles. The third-order valence-corrected chi connectivity index (χ3v) is 5.01. The summed E-state index contributed by atoms with van der Waals surface area (Å²) < 4.78 is 5.78. The van der Waals surface area contributed by atoms with Crippen LogP contribution in [-0.2, 0) is 4.74 Å². The van der Waals surface area contributed by atoms with E-state index in [1.165, 1.54) is 11.8 Å². The van der Waals surface area contributed by atoms with Crippen LogP contribution in [0.1, 0.15) is 19.8 Å². The predicted molar refractivity (Wildman–Crippen MR) is 83.2 cm³/mol. The molecule has 1 saturated heterocycles. The van der Waals surface area contributed by atoms with E-state index < -0.39 is 30.5 Å². The Balaban J connectivity index is 2.08. The Labute approximate surface area is 129 Å². The Morgan fingerprint density at radius 3 is 2.81 bits per heavy atom. The van der Waals surface area contributed by atoms with E-state index >= 15 is 0 Å². The summed E-state index contributed by atoms with van der Waals surface area (Å²) in [6.45, 7) is 6.52. The highest BCUT2D eigenvalue weighted by molar-refractivity contribution is 8.14. The van der Waals surface area contributed by atoms with Crippen molar-refractivity contribution in [3.63, 3.8) is 0 Å². The second-order valence-corrected chi connectivity index (χ2v) is 6.55. The van der Waals surface area contributed by atoms with Gasteiger partial charge in [-0.15, -0.1) is 6.58 Å². The van der Waals surface area contributed by atoms with Crippen LogP contribution in [0.4, 0.5) is 0 Å². The number of aliphatic hydroxyl groups is 3. The minimum Gasteiger partial charge on any atom is -0.390 e. The molecule has 0 aromatic rings. The summed E-state index contributed by atoms with van der Waals surface area (Å²) in [5.41, 5.74) is -0.373. The minimum atomic E-state index is -1.15. The maximum absolute atomic E-state index is 10.3. The van der Waals surface area contributed by atoms with Crippen LogP contribution in [0.5, 0.6) is 0 Å². The Kier molecular flexibility index (Phi) is 5.67. The fourth-order valence-electron chi connectivity index (χ4n) is 2.61. The summed E-state index contributed by atoms with van der Waals surface area (Å²) in [4.78, 5) is 6.48. The number of thioether (sulfide) groups is 1. The first-order valence-corrected chi connectivity index (χ1v) is 8.13. The number of nitrogens with zero attached hydrogens (tertiary/aromatic N) is 2. The molecule has 0 bridgehead atoms. The molecule has 2 aliphatic rings. The summed E-state index contributed by atoms with van der Waals surface area (Å²) in [6, 6.07) is -0.494. The van der Waals surface area contributed by atoms with Gasteiger partial charge in [0.1, 0.15) is 29.8 Å². The molecule has 0 unspecified atom stereocenters. The average Bonchev–Trinajstić information content (AvgIpc) is 2.87. The Morgan fingerprint density at radius 1 is 1.48 bits per heavy atom. The van der Waals surface area contributed by atoms with Crippen LogP contribution in [0.15, 0.2) is 17.6 Å². The highest BCUT2D eigenvalue weighted by Crippen LogP contribution is 2.38. The topological polar surface area (TPSA) is 85.5 Å². The number of rotatable bonds is 5. The lowest BCUT2D eigenvalue weighted by atomic mass is 9.94. The lowest BCUT2D eigenvalue weighted by Crippen LogP contribution is -2.58. The monoisotopic (exact) mass is 316 g/mol. The molecule has 6 nitrogen and oxygen atoms in total. The van der Waals surface area contributed by atoms with Crippen LogP contribution in [0.2, 0.25) is 0 Å². The Hall–Kier alpha value is -0.600. The summed E-state index contributed by atoms with van der Waals surface area (Å²) in [7, 11) is 1.94. The van der Waals surface area contributed by atoms with Crippen molar-refractivity contribution in [1.29, 1.82) is 0 Å². The van der Waals surface area contributed by atoms with Crippen molar-refractivity contribution in [1.82, 2.24) is 4.90 Å².